The number of aryl methyl sites for hydroxylation is 2. The van der Waals surface area contributed by atoms with Crippen molar-refractivity contribution in [3.63, 3.8) is 0 Å². The standard InChI is InChI=1S/C17H20N6O4/c1-10-13(11(2)23-17(20-10)21-16(18)22-23)5-6-15(25)27-9-14(24)19-8-12-4-3-7-26-12/h3-4,7H,5-6,8-9H2,1-2H3,(H2,18,22)(H,19,24). The number of amides is 1. The Labute approximate surface area is 154 Å². The topological polar surface area (TPSA) is 138 Å². The number of anilines is 1. The molecule has 0 saturated heterocycles. The van der Waals surface area contributed by atoms with E-state index in [9.17, 15) is 9.59 Å². The fourth-order valence-corrected chi connectivity index (χ4v) is 2.68. The molecule has 27 heavy (non-hydrogen) atoms. The lowest BCUT2D eigenvalue weighted by Crippen LogP contribution is -2.28. The first kappa shape index (κ1) is 18.4. The van der Waals surface area contributed by atoms with Crippen molar-refractivity contribution in [3.05, 3.63) is 41.1 Å². The summed E-state index contributed by atoms with van der Waals surface area (Å²) in [5, 5.41) is 6.69. The van der Waals surface area contributed by atoms with Crippen molar-refractivity contribution >= 4 is 23.6 Å². The van der Waals surface area contributed by atoms with E-state index in [0.29, 0.717) is 18.0 Å². The summed E-state index contributed by atoms with van der Waals surface area (Å²) in [5.41, 5.74) is 8.03. The zero-order chi connectivity index (χ0) is 19.4. The van der Waals surface area contributed by atoms with Crippen molar-refractivity contribution in [1.29, 1.82) is 0 Å². The third-order valence-corrected chi connectivity index (χ3v) is 4.05. The minimum absolute atomic E-state index is 0.116. The van der Waals surface area contributed by atoms with Gasteiger partial charge in [-0.1, -0.05) is 0 Å². The predicted octanol–water partition coefficient (Wildman–Crippen LogP) is 0.709. The van der Waals surface area contributed by atoms with Gasteiger partial charge >= 0.3 is 5.97 Å². The number of hydrogen-bond donors (Lipinski definition) is 2. The maximum absolute atomic E-state index is 11.9. The summed E-state index contributed by atoms with van der Waals surface area (Å²) in [6.07, 6.45) is 2.04. The smallest absolute Gasteiger partial charge is 0.306 e. The highest BCUT2D eigenvalue weighted by molar-refractivity contribution is 5.80. The highest BCUT2D eigenvalue weighted by atomic mass is 16.5. The van der Waals surface area contributed by atoms with Gasteiger partial charge in [0.25, 0.3) is 11.7 Å². The van der Waals surface area contributed by atoms with E-state index in [1.54, 1.807) is 16.6 Å². The molecule has 0 bridgehead atoms. The molecule has 10 heteroatoms. The lowest BCUT2D eigenvalue weighted by Gasteiger charge is -2.10. The van der Waals surface area contributed by atoms with E-state index < -0.39 is 11.9 Å². The molecule has 3 heterocycles. The Balaban J connectivity index is 1.50. The van der Waals surface area contributed by atoms with Crippen LogP contribution in [0.15, 0.2) is 22.8 Å². The SMILES string of the molecule is Cc1nc2nc(N)nn2c(C)c1CCC(=O)OCC(=O)NCc1ccco1. The van der Waals surface area contributed by atoms with E-state index in [0.717, 1.165) is 17.0 Å². The van der Waals surface area contributed by atoms with Gasteiger partial charge in [0.1, 0.15) is 5.76 Å². The van der Waals surface area contributed by atoms with Crippen LogP contribution in [0.4, 0.5) is 5.95 Å². The maximum Gasteiger partial charge on any atom is 0.306 e. The third-order valence-electron chi connectivity index (χ3n) is 4.05. The first-order valence-electron chi connectivity index (χ1n) is 8.37. The molecule has 3 aromatic rings. The summed E-state index contributed by atoms with van der Waals surface area (Å²) < 4.78 is 11.7. The molecule has 0 aliphatic carbocycles. The molecule has 3 rings (SSSR count). The van der Waals surface area contributed by atoms with Crippen molar-refractivity contribution < 1.29 is 18.7 Å². The fraction of sp³-hybridized carbons (Fsp3) is 0.353. The van der Waals surface area contributed by atoms with Crippen LogP contribution in [0.25, 0.3) is 5.78 Å². The number of nitrogens with two attached hydrogens (primary N) is 1. The second kappa shape index (κ2) is 7.85. The lowest BCUT2D eigenvalue weighted by molar-refractivity contribution is -0.148. The van der Waals surface area contributed by atoms with Crippen LogP contribution in [0.1, 0.15) is 29.1 Å². The molecule has 0 atom stereocenters. The van der Waals surface area contributed by atoms with Gasteiger partial charge in [0.2, 0.25) is 5.95 Å². The molecule has 0 unspecified atom stereocenters. The number of nitrogens with one attached hydrogen (secondary N) is 1. The molecule has 0 fully saturated rings. The molecule has 3 N–H and O–H groups in total. The number of esters is 1. The van der Waals surface area contributed by atoms with E-state index in [2.05, 4.69) is 20.4 Å². The predicted molar refractivity (Wildman–Crippen MR) is 94.5 cm³/mol. The highest BCUT2D eigenvalue weighted by Gasteiger charge is 2.15. The van der Waals surface area contributed by atoms with Crippen molar-refractivity contribution in [2.45, 2.75) is 33.2 Å². The number of nitrogen functional groups attached to an aromatic ring is 1. The van der Waals surface area contributed by atoms with Crippen LogP contribution in [0.2, 0.25) is 0 Å². The molecule has 0 aliphatic rings. The second-order valence-corrected chi connectivity index (χ2v) is 5.96. The van der Waals surface area contributed by atoms with Gasteiger partial charge in [-0.3, -0.25) is 9.59 Å². The van der Waals surface area contributed by atoms with Crippen molar-refractivity contribution in [2.75, 3.05) is 12.3 Å². The molecule has 10 nitrogen and oxygen atoms in total. The molecule has 0 aliphatic heterocycles. The number of carbonyl (C=O) groups is 2. The number of rotatable bonds is 7. The van der Waals surface area contributed by atoms with Gasteiger partial charge in [0.15, 0.2) is 6.61 Å². The number of carbonyl (C=O) groups excluding carboxylic acids is 2. The quantitative estimate of drug-likeness (QED) is 0.578. The van der Waals surface area contributed by atoms with E-state index in [-0.39, 0.29) is 25.5 Å². The van der Waals surface area contributed by atoms with Crippen LogP contribution in [-0.2, 0) is 27.3 Å². The zero-order valence-electron chi connectivity index (χ0n) is 15.1. The molecular formula is C17H20N6O4. The van der Waals surface area contributed by atoms with E-state index in [1.165, 1.54) is 6.26 Å². The van der Waals surface area contributed by atoms with Gasteiger partial charge in [-0.15, -0.1) is 5.10 Å². The summed E-state index contributed by atoms with van der Waals surface area (Å²) in [6.45, 7) is 3.60. The lowest BCUT2D eigenvalue weighted by atomic mass is 10.1. The first-order valence-corrected chi connectivity index (χ1v) is 8.37. The molecule has 0 saturated carbocycles. The Morgan fingerprint density at radius 1 is 1.33 bits per heavy atom. The summed E-state index contributed by atoms with van der Waals surface area (Å²) in [4.78, 5) is 32.0. The van der Waals surface area contributed by atoms with Crippen molar-refractivity contribution in [1.82, 2.24) is 24.9 Å². The molecule has 0 spiro atoms. The number of nitrogens with zero attached hydrogens (tertiary/aromatic N) is 4. The van der Waals surface area contributed by atoms with E-state index >= 15 is 0 Å². The molecule has 0 radical (unpaired) electrons. The Kier molecular flexibility index (Phi) is 5.34. The Bertz CT molecular complexity index is 964. The fourth-order valence-electron chi connectivity index (χ4n) is 2.68. The van der Waals surface area contributed by atoms with Gasteiger partial charge < -0.3 is 20.2 Å². The van der Waals surface area contributed by atoms with E-state index in [1.807, 2.05) is 13.8 Å². The molecule has 1 amide bonds. The summed E-state index contributed by atoms with van der Waals surface area (Å²) in [7, 11) is 0. The molecule has 3 aromatic heterocycles. The van der Waals surface area contributed by atoms with Gasteiger partial charge in [0.05, 0.1) is 12.8 Å². The van der Waals surface area contributed by atoms with Crippen LogP contribution >= 0.6 is 0 Å². The third kappa shape index (κ3) is 4.40. The average Bonchev–Trinajstić information content (AvgIpc) is 3.27. The summed E-state index contributed by atoms with van der Waals surface area (Å²) in [6, 6.07) is 3.47. The van der Waals surface area contributed by atoms with Crippen LogP contribution < -0.4 is 11.1 Å². The molecular weight excluding hydrogens is 352 g/mol. The maximum atomic E-state index is 11.9. The first-order chi connectivity index (χ1) is 12.9. The zero-order valence-corrected chi connectivity index (χ0v) is 15.1. The number of hydrogen-bond acceptors (Lipinski definition) is 8. The molecule has 142 valence electrons. The summed E-state index contributed by atoms with van der Waals surface area (Å²) in [5.74, 6) is 0.315. The number of ether oxygens (including phenoxy) is 1. The van der Waals surface area contributed by atoms with E-state index in [4.69, 9.17) is 14.9 Å². The Hall–Kier alpha value is -3.43. The molecule has 0 aromatic carbocycles. The number of aromatic nitrogens is 4. The minimum Gasteiger partial charge on any atom is -0.467 e. The number of fused-ring (bicyclic) bond motifs is 1. The second-order valence-electron chi connectivity index (χ2n) is 5.96. The Morgan fingerprint density at radius 3 is 2.89 bits per heavy atom. The normalized spacial score (nSPS) is 10.9. The van der Waals surface area contributed by atoms with Crippen LogP contribution in [0, 0.1) is 13.8 Å². The minimum atomic E-state index is -0.472. The van der Waals surface area contributed by atoms with Gasteiger partial charge in [-0.25, -0.2) is 4.98 Å². The summed E-state index contributed by atoms with van der Waals surface area (Å²) >= 11 is 0. The van der Waals surface area contributed by atoms with Crippen LogP contribution in [0.5, 0.6) is 0 Å². The van der Waals surface area contributed by atoms with Gasteiger partial charge in [0, 0.05) is 17.8 Å². The van der Waals surface area contributed by atoms with Crippen molar-refractivity contribution in [3.8, 4) is 0 Å². The Morgan fingerprint density at radius 2 is 2.15 bits per heavy atom. The monoisotopic (exact) mass is 372 g/mol. The van der Waals surface area contributed by atoms with Crippen LogP contribution in [-0.4, -0.2) is 38.1 Å². The number of furan rings is 1. The van der Waals surface area contributed by atoms with Gasteiger partial charge in [-0.2, -0.15) is 9.50 Å². The largest absolute Gasteiger partial charge is 0.467 e. The average molecular weight is 372 g/mol. The highest BCUT2D eigenvalue weighted by Crippen LogP contribution is 2.16. The van der Waals surface area contributed by atoms with Crippen molar-refractivity contribution in [2.24, 2.45) is 0 Å². The van der Waals surface area contributed by atoms with Gasteiger partial charge in [-0.05, 0) is 38.0 Å². The van der Waals surface area contributed by atoms with Crippen LogP contribution in [0.3, 0.4) is 0 Å².